The van der Waals surface area contributed by atoms with Gasteiger partial charge in [0.2, 0.25) is 5.91 Å². The molecule has 3 unspecified atom stereocenters. The minimum absolute atomic E-state index is 0.0142. The number of aromatic hydroxyl groups is 1. The second-order valence-corrected chi connectivity index (χ2v) is 16.2. The molecule has 4 aromatic rings. The first kappa shape index (κ1) is 43.6. The van der Waals surface area contributed by atoms with Crippen molar-refractivity contribution in [2.45, 2.75) is 92.0 Å². The van der Waals surface area contributed by atoms with Gasteiger partial charge in [0.25, 0.3) is 12.4 Å². The van der Waals surface area contributed by atoms with Crippen LogP contribution in [0.5, 0.6) is 5.75 Å². The van der Waals surface area contributed by atoms with E-state index in [-0.39, 0.29) is 36.7 Å². The average molecular weight is 799 g/mol. The van der Waals surface area contributed by atoms with Crippen molar-refractivity contribution in [2.24, 2.45) is 11.3 Å². The number of likely N-dealkylation sites (N-methyl/N-ethyl adjacent to an activating group) is 1. The standard InChI is InChI=1S/C44H58N6O8/c1-9-49-37-15-14-30(23-34(37)35(24-44(5,6)25-58-26-51)40(49)33-13-12-16-45-38(33)28(4)57-8)31-19-29(20-32(52)22-31)21-36(42(54)50-18-11-10-17-46-50)47-41(53)39(27(2)3)48(7)43(55)56/h12-16,19-20,22-23,26-28,36,39,46,52H,9-11,17-18,21,24-25H2,1-8H3,(H,47,53)(H,55,56). The zero-order valence-electron chi connectivity index (χ0n) is 34.9. The van der Waals surface area contributed by atoms with Crippen molar-refractivity contribution in [3.05, 3.63) is 71.5 Å². The zero-order chi connectivity index (χ0) is 42.3. The molecule has 0 radical (unpaired) electrons. The van der Waals surface area contributed by atoms with Crippen LogP contribution in [-0.4, -0.2) is 100.0 Å². The maximum absolute atomic E-state index is 14.0. The van der Waals surface area contributed by atoms with Crippen LogP contribution in [0.1, 0.15) is 77.3 Å². The first-order valence-corrected chi connectivity index (χ1v) is 19.9. The third-order valence-electron chi connectivity index (χ3n) is 10.9. The largest absolute Gasteiger partial charge is 0.508 e. The fraction of sp³-hybridized carbons (Fsp3) is 0.477. The minimum atomic E-state index is -1.25. The Balaban J connectivity index is 1.62. The lowest BCUT2D eigenvalue weighted by Gasteiger charge is -2.33. The predicted molar refractivity (Wildman–Crippen MR) is 222 cm³/mol. The highest BCUT2D eigenvalue weighted by atomic mass is 16.5. The molecule has 14 heteroatoms. The molecule has 1 saturated heterocycles. The monoisotopic (exact) mass is 798 g/mol. The number of carboxylic acid groups (broad SMARTS) is 1. The number of aromatic nitrogens is 2. The highest BCUT2D eigenvalue weighted by Gasteiger charge is 2.35. The summed E-state index contributed by atoms with van der Waals surface area (Å²) in [5.74, 6) is -1.31. The van der Waals surface area contributed by atoms with Gasteiger partial charge in [0, 0.05) is 68.3 Å². The molecule has 58 heavy (non-hydrogen) atoms. The Morgan fingerprint density at radius 2 is 1.84 bits per heavy atom. The number of ether oxygens (including phenoxy) is 2. The number of aryl methyl sites for hydroxylation is 1. The molecular weight excluding hydrogens is 741 g/mol. The summed E-state index contributed by atoms with van der Waals surface area (Å²) in [6.07, 6.45) is 2.54. The molecule has 2 aromatic carbocycles. The second kappa shape index (κ2) is 18.9. The van der Waals surface area contributed by atoms with Crippen molar-refractivity contribution < 1.29 is 38.9 Å². The van der Waals surface area contributed by atoms with E-state index in [0.717, 1.165) is 56.7 Å². The first-order valence-electron chi connectivity index (χ1n) is 19.9. The summed E-state index contributed by atoms with van der Waals surface area (Å²) in [6.45, 7) is 14.1. The number of hydrazine groups is 1. The highest BCUT2D eigenvalue weighted by Crippen LogP contribution is 2.42. The summed E-state index contributed by atoms with van der Waals surface area (Å²) in [7, 11) is 3.00. The summed E-state index contributed by atoms with van der Waals surface area (Å²) >= 11 is 0. The number of pyridine rings is 1. The van der Waals surface area contributed by atoms with Gasteiger partial charge in [0.05, 0.1) is 24.1 Å². The van der Waals surface area contributed by atoms with E-state index in [1.807, 2.05) is 25.1 Å². The molecule has 2 aromatic heterocycles. The number of hydrogen-bond acceptors (Lipinski definition) is 9. The van der Waals surface area contributed by atoms with Gasteiger partial charge in [-0.1, -0.05) is 39.8 Å². The molecule has 3 heterocycles. The van der Waals surface area contributed by atoms with Gasteiger partial charge in [0.1, 0.15) is 17.8 Å². The van der Waals surface area contributed by atoms with Crippen molar-refractivity contribution in [1.82, 2.24) is 30.2 Å². The van der Waals surface area contributed by atoms with E-state index in [1.165, 1.54) is 12.1 Å². The van der Waals surface area contributed by atoms with E-state index in [1.54, 1.807) is 39.3 Å². The Morgan fingerprint density at radius 3 is 2.48 bits per heavy atom. The molecule has 1 aliphatic rings. The van der Waals surface area contributed by atoms with Crippen LogP contribution in [-0.2, 0) is 43.2 Å². The van der Waals surface area contributed by atoms with Gasteiger partial charge in [-0.3, -0.25) is 29.3 Å². The molecule has 312 valence electrons. The van der Waals surface area contributed by atoms with Gasteiger partial charge in [0.15, 0.2) is 0 Å². The molecule has 3 atom stereocenters. The summed E-state index contributed by atoms with van der Waals surface area (Å²) in [4.78, 5) is 56.6. The lowest BCUT2D eigenvalue weighted by molar-refractivity contribution is -0.141. The van der Waals surface area contributed by atoms with Gasteiger partial charge in [-0.25, -0.2) is 10.2 Å². The minimum Gasteiger partial charge on any atom is -0.508 e. The molecule has 1 fully saturated rings. The van der Waals surface area contributed by atoms with Crippen LogP contribution in [0.25, 0.3) is 33.3 Å². The number of methoxy groups -OCH3 is 1. The van der Waals surface area contributed by atoms with Crippen molar-refractivity contribution in [3.63, 3.8) is 0 Å². The Hall–Kier alpha value is -5.47. The molecule has 5 rings (SSSR count). The second-order valence-electron chi connectivity index (χ2n) is 16.2. The molecule has 1 aliphatic heterocycles. The zero-order valence-corrected chi connectivity index (χ0v) is 34.9. The number of rotatable bonds is 17. The number of nitrogens with zero attached hydrogens (tertiary/aromatic N) is 4. The maximum Gasteiger partial charge on any atom is 0.407 e. The smallest absolute Gasteiger partial charge is 0.407 e. The average Bonchev–Trinajstić information content (AvgIpc) is 3.50. The van der Waals surface area contributed by atoms with Crippen LogP contribution in [0, 0.1) is 11.3 Å². The summed E-state index contributed by atoms with van der Waals surface area (Å²) < 4.78 is 13.3. The summed E-state index contributed by atoms with van der Waals surface area (Å²) in [5, 5.41) is 26.2. The van der Waals surface area contributed by atoms with Crippen LogP contribution in [0.2, 0.25) is 0 Å². The number of carbonyl (C=O) groups excluding carboxylic acids is 3. The van der Waals surface area contributed by atoms with Gasteiger partial charge < -0.3 is 29.6 Å². The van der Waals surface area contributed by atoms with Crippen molar-refractivity contribution in [1.29, 1.82) is 0 Å². The van der Waals surface area contributed by atoms with E-state index >= 15 is 0 Å². The topological polar surface area (TPSA) is 176 Å². The number of amides is 3. The van der Waals surface area contributed by atoms with Gasteiger partial charge in [-0.15, -0.1) is 0 Å². The number of carbonyl (C=O) groups is 4. The number of fused-ring (bicyclic) bond motifs is 1. The Kier molecular flexibility index (Phi) is 14.2. The fourth-order valence-corrected chi connectivity index (χ4v) is 8.02. The summed E-state index contributed by atoms with van der Waals surface area (Å²) in [6, 6.07) is 13.2. The predicted octanol–water partition coefficient (Wildman–Crippen LogP) is 6.33. The molecular formula is C44H58N6O8. The lowest BCUT2D eigenvalue weighted by atomic mass is 9.84. The van der Waals surface area contributed by atoms with E-state index in [9.17, 15) is 29.4 Å². The van der Waals surface area contributed by atoms with Crippen LogP contribution in [0.3, 0.4) is 0 Å². The first-order chi connectivity index (χ1) is 27.6. The molecule has 0 aliphatic carbocycles. The fourth-order valence-electron chi connectivity index (χ4n) is 8.02. The van der Waals surface area contributed by atoms with E-state index in [4.69, 9.17) is 14.5 Å². The SMILES string of the molecule is CCn1c(-c2cccnc2C(C)OC)c(CC(C)(C)COC=O)c2cc(-c3cc(O)cc(CC(NC(=O)C(C(C)C)N(C)C(=O)O)C(=O)N4CCCCN4)c3)ccc21. The number of phenolic OH excluding ortho intramolecular Hbond substituents is 1. The molecule has 0 spiro atoms. The van der Waals surface area contributed by atoms with Crippen molar-refractivity contribution in [3.8, 4) is 28.1 Å². The Labute approximate surface area is 340 Å². The number of hydrogen-bond donors (Lipinski definition) is 4. The van der Waals surface area contributed by atoms with Crippen LogP contribution in [0.4, 0.5) is 4.79 Å². The number of nitrogens with one attached hydrogen (secondary N) is 2. The third kappa shape index (κ3) is 9.79. The van der Waals surface area contributed by atoms with Crippen molar-refractivity contribution >= 4 is 35.3 Å². The number of benzene rings is 2. The number of phenols is 1. The van der Waals surface area contributed by atoms with Gasteiger partial charge in [-0.05, 0) is 97.7 Å². The van der Waals surface area contributed by atoms with Gasteiger partial charge >= 0.3 is 6.09 Å². The molecule has 4 N–H and O–H groups in total. The van der Waals surface area contributed by atoms with Crippen molar-refractivity contribution in [2.75, 3.05) is 33.9 Å². The lowest BCUT2D eigenvalue weighted by Crippen LogP contribution is -2.59. The van der Waals surface area contributed by atoms with E-state index < -0.39 is 29.5 Å². The molecule has 0 saturated carbocycles. The van der Waals surface area contributed by atoms with Crippen LogP contribution < -0.4 is 10.7 Å². The normalized spacial score (nSPS) is 14.9. The quantitative estimate of drug-likeness (QED) is 0.0884. The highest BCUT2D eigenvalue weighted by molar-refractivity contribution is 5.96. The third-order valence-corrected chi connectivity index (χ3v) is 10.9. The van der Waals surface area contributed by atoms with E-state index in [0.29, 0.717) is 43.7 Å². The van der Waals surface area contributed by atoms with E-state index in [2.05, 4.69) is 54.3 Å². The Bertz CT molecular complexity index is 2110. The van der Waals surface area contributed by atoms with Gasteiger partial charge in [-0.2, -0.15) is 0 Å². The maximum atomic E-state index is 14.0. The molecule has 0 bridgehead atoms. The van der Waals surface area contributed by atoms with Crippen LogP contribution in [0.15, 0.2) is 54.7 Å². The molecule has 3 amide bonds. The summed E-state index contributed by atoms with van der Waals surface area (Å²) in [5.41, 5.74) is 9.59. The van der Waals surface area contributed by atoms with Crippen LogP contribution >= 0.6 is 0 Å². The molecule has 14 nitrogen and oxygen atoms in total. The Morgan fingerprint density at radius 1 is 1.09 bits per heavy atom.